The molecule has 5 rings (SSSR count). The molecule has 5 aromatic rings. The van der Waals surface area contributed by atoms with E-state index in [1.165, 1.54) is 23.1 Å². The maximum atomic E-state index is 13.3. The normalized spacial score (nSPS) is 11.3. The van der Waals surface area contributed by atoms with Gasteiger partial charge in [-0.15, -0.1) is 11.3 Å². The summed E-state index contributed by atoms with van der Waals surface area (Å²) in [7, 11) is 4.75. The Kier molecular flexibility index (Phi) is 9.25. The zero-order valence-electron chi connectivity index (χ0n) is 24.0. The maximum absolute atomic E-state index is 13.3. The molecule has 0 bridgehead atoms. The van der Waals surface area contributed by atoms with Crippen LogP contribution in [0.1, 0.15) is 12.5 Å². The summed E-state index contributed by atoms with van der Waals surface area (Å²) in [6.45, 7) is 1.78. The summed E-state index contributed by atoms with van der Waals surface area (Å²) in [4.78, 5) is 22.7. The predicted molar refractivity (Wildman–Crippen MR) is 171 cm³/mol. The highest BCUT2D eigenvalue weighted by Gasteiger charge is 2.24. The molecule has 10 heteroatoms. The van der Waals surface area contributed by atoms with Crippen LogP contribution in [-0.4, -0.2) is 42.5 Å². The van der Waals surface area contributed by atoms with E-state index in [9.17, 15) is 10.1 Å². The number of amides is 1. The first kappa shape index (κ1) is 29.6. The number of ether oxygens (including phenoxy) is 3. The monoisotopic (exact) mass is 608 g/mol. The van der Waals surface area contributed by atoms with Crippen LogP contribution in [0.4, 0.5) is 5.13 Å². The average molecular weight is 609 g/mol. The molecule has 0 saturated carbocycles. The first-order valence-corrected chi connectivity index (χ1v) is 15.0. The molecule has 43 heavy (non-hydrogen) atoms. The number of nitrogens with one attached hydrogen (secondary N) is 1. The Morgan fingerprint density at radius 2 is 1.63 bits per heavy atom. The van der Waals surface area contributed by atoms with Gasteiger partial charge in [0.25, 0.3) is 0 Å². The molecule has 2 heterocycles. The average Bonchev–Trinajstić information content (AvgIpc) is 3.52. The zero-order chi connectivity index (χ0) is 30.3. The molecule has 216 valence electrons. The summed E-state index contributed by atoms with van der Waals surface area (Å²) < 4.78 is 16.4. The second-order valence-corrected chi connectivity index (χ2v) is 11.5. The Bertz CT molecular complexity index is 1780. The molecule has 0 aliphatic rings. The zero-order valence-corrected chi connectivity index (χ0v) is 25.6. The molecule has 1 atom stereocenters. The molecule has 3 aromatic carbocycles. The van der Waals surface area contributed by atoms with Crippen LogP contribution in [0.5, 0.6) is 17.2 Å². The van der Waals surface area contributed by atoms with E-state index in [-0.39, 0.29) is 5.91 Å². The van der Waals surface area contributed by atoms with E-state index in [1.54, 1.807) is 34.3 Å². The van der Waals surface area contributed by atoms with Crippen molar-refractivity contribution in [3.8, 4) is 57.0 Å². The fourth-order valence-electron chi connectivity index (χ4n) is 4.44. The molecule has 0 saturated heterocycles. The van der Waals surface area contributed by atoms with Crippen molar-refractivity contribution in [1.29, 1.82) is 5.26 Å². The lowest BCUT2D eigenvalue weighted by Crippen LogP contribution is -2.22. The topological polar surface area (TPSA) is 106 Å². The van der Waals surface area contributed by atoms with Gasteiger partial charge in [0.15, 0.2) is 16.6 Å². The van der Waals surface area contributed by atoms with Crippen molar-refractivity contribution in [3.05, 3.63) is 89.8 Å². The number of pyridine rings is 1. The Labute approximate surface area is 258 Å². The Morgan fingerprint density at radius 3 is 2.30 bits per heavy atom. The van der Waals surface area contributed by atoms with Gasteiger partial charge in [0.1, 0.15) is 16.8 Å². The minimum Gasteiger partial charge on any atom is -0.497 e. The Hall–Kier alpha value is -4.85. The number of benzene rings is 3. The lowest BCUT2D eigenvalue weighted by Gasteiger charge is -2.17. The first-order valence-electron chi connectivity index (χ1n) is 13.2. The van der Waals surface area contributed by atoms with Gasteiger partial charge in [-0.05, 0) is 43.3 Å². The van der Waals surface area contributed by atoms with E-state index in [4.69, 9.17) is 19.2 Å². The van der Waals surface area contributed by atoms with E-state index in [2.05, 4.69) is 16.4 Å². The van der Waals surface area contributed by atoms with E-state index >= 15 is 0 Å². The highest BCUT2D eigenvalue weighted by atomic mass is 32.2. The standard InChI is InChI=1S/C33H28N4O4S2/c1-20(31(38)37-33-36-28(19-42-33)22-13-15-23(39-2)16-14-22)43-32-26(18-34)25(17-27(35-32)21-9-6-5-7-10-21)24-11-8-12-29(40-3)30(24)41-4/h5-17,19-20H,1-4H3,(H,36,37,38). The van der Waals surface area contributed by atoms with Crippen LogP contribution in [0.3, 0.4) is 0 Å². The Balaban J connectivity index is 1.47. The van der Waals surface area contributed by atoms with Gasteiger partial charge >= 0.3 is 0 Å². The number of nitrogens with zero attached hydrogens (tertiary/aromatic N) is 3. The van der Waals surface area contributed by atoms with E-state index < -0.39 is 5.25 Å². The van der Waals surface area contributed by atoms with Crippen LogP contribution in [0, 0.1) is 11.3 Å². The van der Waals surface area contributed by atoms with Gasteiger partial charge in [-0.1, -0.05) is 54.2 Å². The molecule has 1 unspecified atom stereocenters. The van der Waals surface area contributed by atoms with Gasteiger partial charge in [-0.25, -0.2) is 9.97 Å². The number of methoxy groups -OCH3 is 3. The van der Waals surface area contributed by atoms with Gasteiger partial charge in [-0.2, -0.15) is 5.26 Å². The van der Waals surface area contributed by atoms with Crippen molar-refractivity contribution in [2.45, 2.75) is 17.2 Å². The summed E-state index contributed by atoms with van der Waals surface area (Å²) in [5.41, 5.74) is 4.87. The van der Waals surface area contributed by atoms with Crippen molar-refractivity contribution in [3.63, 3.8) is 0 Å². The molecule has 0 spiro atoms. The van der Waals surface area contributed by atoms with E-state index in [0.717, 1.165) is 22.6 Å². The SMILES string of the molecule is COc1ccc(-c2csc(NC(=O)C(C)Sc3nc(-c4ccccc4)cc(-c4cccc(OC)c4OC)c3C#N)n2)cc1. The third-order valence-electron chi connectivity index (χ3n) is 6.64. The van der Waals surface area contributed by atoms with E-state index in [1.807, 2.05) is 78.2 Å². The van der Waals surface area contributed by atoms with Crippen molar-refractivity contribution in [2.75, 3.05) is 26.6 Å². The number of carbonyl (C=O) groups is 1. The summed E-state index contributed by atoms with van der Waals surface area (Å²) >= 11 is 2.56. The number of hydrogen-bond donors (Lipinski definition) is 1. The van der Waals surface area contributed by atoms with Gasteiger partial charge in [0, 0.05) is 27.6 Å². The van der Waals surface area contributed by atoms with Crippen molar-refractivity contribution in [1.82, 2.24) is 9.97 Å². The smallest absolute Gasteiger partial charge is 0.239 e. The molecular formula is C33H28N4O4S2. The summed E-state index contributed by atoms with van der Waals surface area (Å²) in [6.07, 6.45) is 0. The highest BCUT2D eigenvalue weighted by molar-refractivity contribution is 8.00. The van der Waals surface area contributed by atoms with Gasteiger partial charge < -0.3 is 19.5 Å². The third-order valence-corrected chi connectivity index (χ3v) is 8.48. The number of hydrogen-bond acceptors (Lipinski definition) is 9. The molecule has 1 N–H and O–H groups in total. The number of nitriles is 1. The van der Waals surface area contributed by atoms with Crippen LogP contribution < -0.4 is 19.5 Å². The van der Waals surface area contributed by atoms with Crippen LogP contribution in [0.25, 0.3) is 33.6 Å². The minimum atomic E-state index is -0.584. The fourth-order valence-corrected chi connectivity index (χ4v) is 6.08. The molecule has 0 aliphatic heterocycles. The molecule has 8 nitrogen and oxygen atoms in total. The minimum absolute atomic E-state index is 0.253. The number of aromatic nitrogens is 2. The van der Waals surface area contributed by atoms with Crippen molar-refractivity contribution >= 4 is 34.1 Å². The third kappa shape index (κ3) is 6.48. The Morgan fingerprint density at radius 1 is 0.884 bits per heavy atom. The number of anilines is 1. The number of para-hydroxylation sites is 1. The highest BCUT2D eigenvalue weighted by Crippen LogP contribution is 2.43. The van der Waals surface area contributed by atoms with Gasteiger partial charge in [0.05, 0.1) is 43.5 Å². The number of carbonyl (C=O) groups excluding carboxylic acids is 1. The lowest BCUT2D eigenvalue weighted by atomic mass is 9.98. The lowest BCUT2D eigenvalue weighted by molar-refractivity contribution is -0.115. The second-order valence-electron chi connectivity index (χ2n) is 9.27. The molecule has 0 aliphatic carbocycles. The summed E-state index contributed by atoms with van der Waals surface area (Å²) in [5.74, 6) is 1.55. The fraction of sp³-hybridized carbons (Fsp3) is 0.152. The first-order chi connectivity index (χ1) is 20.9. The number of rotatable bonds is 10. The van der Waals surface area contributed by atoms with Crippen LogP contribution in [-0.2, 0) is 4.79 Å². The second kappa shape index (κ2) is 13.4. The van der Waals surface area contributed by atoms with E-state index in [0.29, 0.717) is 44.0 Å². The summed E-state index contributed by atoms with van der Waals surface area (Å²) in [5, 5.41) is 15.5. The largest absolute Gasteiger partial charge is 0.497 e. The molecule has 0 radical (unpaired) electrons. The van der Waals surface area contributed by atoms with Gasteiger partial charge in [0.2, 0.25) is 5.91 Å². The number of thioether (sulfide) groups is 1. The molecular weight excluding hydrogens is 581 g/mol. The van der Waals surface area contributed by atoms with Crippen LogP contribution in [0.15, 0.2) is 89.3 Å². The molecule has 0 fully saturated rings. The number of thiazole rings is 1. The molecule has 1 amide bonds. The van der Waals surface area contributed by atoms with Crippen LogP contribution in [0.2, 0.25) is 0 Å². The molecule has 2 aromatic heterocycles. The van der Waals surface area contributed by atoms with Crippen molar-refractivity contribution < 1.29 is 19.0 Å². The predicted octanol–water partition coefficient (Wildman–Crippen LogP) is 7.56. The van der Waals surface area contributed by atoms with Crippen LogP contribution >= 0.6 is 23.1 Å². The van der Waals surface area contributed by atoms with Crippen molar-refractivity contribution in [2.24, 2.45) is 0 Å². The summed E-state index contributed by atoms with van der Waals surface area (Å²) in [6, 6.07) is 27.0. The quantitative estimate of drug-likeness (QED) is 0.162. The van der Waals surface area contributed by atoms with Gasteiger partial charge in [-0.3, -0.25) is 4.79 Å². The maximum Gasteiger partial charge on any atom is 0.239 e.